The number of aryl methyl sites for hydroxylation is 1. The molecule has 0 fully saturated rings. The number of aromatic nitrogens is 4. The summed E-state index contributed by atoms with van der Waals surface area (Å²) in [6, 6.07) is 9.11. The van der Waals surface area contributed by atoms with Gasteiger partial charge in [0.2, 0.25) is 0 Å². The fraction of sp³-hybridized carbons (Fsp3) is 0.222. The van der Waals surface area contributed by atoms with E-state index in [1.165, 1.54) is 11.3 Å². The molecular formula is C18H17N5O3S. The van der Waals surface area contributed by atoms with Crippen molar-refractivity contribution in [1.29, 1.82) is 0 Å². The Kier molecular flexibility index (Phi) is 4.59. The number of nitrogens with zero attached hydrogens (tertiary/aromatic N) is 5. The second-order valence-electron chi connectivity index (χ2n) is 5.88. The lowest BCUT2D eigenvalue weighted by Gasteiger charge is -2.18. The van der Waals surface area contributed by atoms with Crippen molar-refractivity contribution in [3.8, 4) is 5.75 Å². The molecule has 1 amide bonds. The number of anilines is 1. The van der Waals surface area contributed by atoms with Crippen LogP contribution in [-0.4, -0.2) is 39.5 Å². The summed E-state index contributed by atoms with van der Waals surface area (Å²) in [6.07, 6.45) is 3.56. The van der Waals surface area contributed by atoms with Gasteiger partial charge in [-0.15, -0.1) is 0 Å². The molecule has 0 saturated carbocycles. The molecule has 4 rings (SSSR count). The molecule has 4 aromatic rings. The number of hydrogen-bond donors (Lipinski definition) is 0. The molecule has 0 saturated heterocycles. The van der Waals surface area contributed by atoms with Crippen LogP contribution in [0.1, 0.15) is 16.2 Å². The fourth-order valence-corrected chi connectivity index (χ4v) is 3.68. The largest absolute Gasteiger partial charge is 0.497 e. The molecule has 0 spiro atoms. The molecule has 0 atom stereocenters. The predicted octanol–water partition coefficient (Wildman–Crippen LogP) is 3.14. The van der Waals surface area contributed by atoms with Crippen molar-refractivity contribution in [1.82, 2.24) is 19.9 Å². The first-order valence-electron chi connectivity index (χ1n) is 8.31. The molecule has 1 aromatic carbocycles. The van der Waals surface area contributed by atoms with E-state index in [1.807, 2.05) is 30.5 Å². The van der Waals surface area contributed by atoms with Gasteiger partial charge < -0.3 is 9.26 Å². The Bertz CT molecular complexity index is 1070. The summed E-state index contributed by atoms with van der Waals surface area (Å²) >= 11 is 1.43. The molecule has 8 nitrogen and oxygen atoms in total. The minimum Gasteiger partial charge on any atom is -0.497 e. The quantitative estimate of drug-likeness (QED) is 0.508. The minimum absolute atomic E-state index is 0.254. The van der Waals surface area contributed by atoms with Crippen LogP contribution in [0.4, 0.5) is 5.13 Å². The molecule has 0 aliphatic rings. The van der Waals surface area contributed by atoms with E-state index in [-0.39, 0.29) is 11.6 Å². The third-order valence-electron chi connectivity index (χ3n) is 4.02. The highest BCUT2D eigenvalue weighted by Crippen LogP contribution is 2.32. The van der Waals surface area contributed by atoms with Gasteiger partial charge in [0.15, 0.2) is 10.8 Å². The van der Waals surface area contributed by atoms with E-state index >= 15 is 0 Å². The molecule has 138 valence electrons. The Morgan fingerprint density at radius 2 is 2.26 bits per heavy atom. The highest BCUT2D eigenvalue weighted by Gasteiger charge is 2.24. The Morgan fingerprint density at radius 3 is 2.96 bits per heavy atom. The maximum atomic E-state index is 13.0. The zero-order valence-electron chi connectivity index (χ0n) is 14.8. The summed E-state index contributed by atoms with van der Waals surface area (Å²) in [6.45, 7) is 2.69. The SMILES string of the molecule is COc1ccc2nc(N(CCn3cccn3)C(=O)c3cc(C)on3)sc2c1. The van der Waals surface area contributed by atoms with Crippen LogP contribution in [0, 0.1) is 6.92 Å². The summed E-state index contributed by atoms with van der Waals surface area (Å²) in [5.41, 5.74) is 1.06. The van der Waals surface area contributed by atoms with Crippen LogP contribution in [0.5, 0.6) is 5.75 Å². The Balaban J connectivity index is 1.68. The van der Waals surface area contributed by atoms with E-state index in [2.05, 4.69) is 15.2 Å². The first-order chi connectivity index (χ1) is 13.1. The Hall–Kier alpha value is -3.20. The molecule has 0 unspecified atom stereocenters. The van der Waals surface area contributed by atoms with Gasteiger partial charge in [-0.1, -0.05) is 16.5 Å². The number of carbonyl (C=O) groups is 1. The van der Waals surface area contributed by atoms with Crippen LogP contribution in [0.3, 0.4) is 0 Å². The molecule has 0 radical (unpaired) electrons. The number of methoxy groups -OCH3 is 1. The lowest BCUT2D eigenvalue weighted by Crippen LogP contribution is -2.34. The first-order valence-corrected chi connectivity index (χ1v) is 9.13. The highest BCUT2D eigenvalue weighted by molar-refractivity contribution is 7.22. The molecule has 3 aromatic heterocycles. The number of thiazole rings is 1. The predicted molar refractivity (Wildman–Crippen MR) is 101 cm³/mol. The monoisotopic (exact) mass is 383 g/mol. The lowest BCUT2D eigenvalue weighted by atomic mass is 10.3. The molecule has 27 heavy (non-hydrogen) atoms. The Labute approximate surface area is 159 Å². The number of benzene rings is 1. The first kappa shape index (κ1) is 17.2. The van der Waals surface area contributed by atoms with Gasteiger partial charge in [-0.2, -0.15) is 5.10 Å². The van der Waals surface area contributed by atoms with Crippen LogP contribution < -0.4 is 9.64 Å². The standard InChI is InChI=1S/C18H17N5O3S/c1-12-10-15(21-26-12)17(24)23(9-8-22-7-3-6-19-22)18-20-14-5-4-13(25-2)11-16(14)27-18/h3-7,10-11H,8-9H2,1-2H3. The second-order valence-corrected chi connectivity index (χ2v) is 6.89. The number of hydrogen-bond acceptors (Lipinski definition) is 7. The third kappa shape index (κ3) is 3.54. The van der Waals surface area contributed by atoms with Gasteiger partial charge in [-0.25, -0.2) is 4.98 Å². The molecule has 3 heterocycles. The summed E-state index contributed by atoms with van der Waals surface area (Å²) in [5, 5.41) is 8.64. The van der Waals surface area contributed by atoms with Gasteiger partial charge in [0.05, 0.1) is 23.9 Å². The van der Waals surface area contributed by atoms with Crippen LogP contribution in [0.25, 0.3) is 10.2 Å². The number of rotatable bonds is 6. The summed E-state index contributed by atoms with van der Waals surface area (Å²) in [7, 11) is 1.62. The molecule has 0 aliphatic carbocycles. The van der Waals surface area contributed by atoms with Gasteiger partial charge in [0.25, 0.3) is 5.91 Å². The van der Waals surface area contributed by atoms with E-state index < -0.39 is 0 Å². The lowest BCUT2D eigenvalue weighted by molar-refractivity contribution is 0.0977. The van der Waals surface area contributed by atoms with Gasteiger partial charge in [-0.3, -0.25) is 14.4 Å². The topological polar surface area (TPSA) is 86.3 Å². The van der Waals surface area contributed by atoms with Gasteiger partial charge in [-0.05, 0) is 31.2 Å². The average Bonchev–Trinajstić information content (AvgIpc) is 3.41. The van der Waals surface area contributed by atoms with E-state index in [0.29, 0.717) is 24.0 Å². The maximum Gasteiger partial charge on any atom is 0.282 e. The van der Waals surface area contributed by atoms with Gasteiger partial charge >= 0.3 is 0 Å². The average molecular weight is 383 g/mol. The van der Waals surface area contributed by atoms with Crippen LogP contribution >= 0.6 is 11.3 Å². The Morgan fingerprint density at radius 1 is 1.37 bits per heavy atom. The summed E-state index contributed by atoms with van der Waals surface area (Å²) in [4.78, 5) is 19.3. The van der Waals surface area contributed by atoms with Crippen molar-refractivity contribution in [2.75, 3.05) is 18.6 Å². The zero-order valence-corrected chi connectivity index (χ0v) is 15.6. The molecule has 0 N–H and O–H groups in total. The van der Waals surface area contributed by atoms with E-state index in [1.54, 1.807) is 35.9 Å². The van der Waals surface area contributed by atoms with Crippen LogP contribution in [0.2, 0.25) is 0 Å². The highest BCUT2D eigenvalue weighted by atomic mass is 32.1. The molecule has 9 heteroatoms. The summed E-state index contributed by atoms with van der Waals surface area (Å²) in [5.74, 6) is 1.07. The minimum atomic E-state index is -0.259. The van der Waals surface area contributed by atoms with E-state index in [0.717, 1.165) is 16.0 Å². The molecular weight excluding hydrogens is 366 g/mol. The number of carbonyl (C=O) groups excluding carboxylic acids is 1. The summed E-state index contributed by atoms with van der Waals surface area (Å²) < 4.78 is 13.0. The van der Waals surface area contributed by atoms with Crippen molar-refractivity contribution in [2.45, 2.75) is 13.5 Å². The van der Waals surface area contributed by atoms with Crippen LogP contribution in [0.15, 0.2) is 47.2 Å². The van der Waals surface area contributed by atoms with Crippen molar-refractivity contribution < 1.29 is 14.1 Å². The van der Waals surface area contributed by atoms with Crippen molar-refractivity contribution in [3.05, 3.63) is 54.2 Å². The van der Waals surface area contributed by atoms with E-state index in [9.17, 15) is 4.79 Å². The number of fused-ring (bicyclic) bond motifs is 1. The number of ether oxygens (including phenoxy) is 1. The fourth-order valence-electron chi connectivity index (χ4n) is 2.66. The van der Waals surface area contributed by atoms with Crippen molar-refractivity contribution in [2.24, 2.45) is 0 Å². The molecule has 0 aliphatic heterocycles. The van der Waals surface area contributed by atoms with Crippen molar-refractivity contribution >= 4 is 32.6 Å². The third-order valence-corrected chi connectivity index (χ3v) is 5.06. The molecule has 0 bridgehead atoms. The van der Waals surface area contributed by atoms with Crippen molar-refractivity contribution in [3.63, 3.8) is 0 Å². The van der Waals surface area contributed by atoms with Crippen LogP contribution in [-0.2, 0) is 6.54 Å². The zero-order chi connectivity index (χ0) is 18.8. The maximum absolute atomic E-state index is 13.0. The smallest absolute Gasteiger partial charge is 0.282 e. The van der Waals surface area contributed by atoms with E-state index in [4.69, 9.17) is 9.26 Å². The second kappa shape index (κ2) is 7.20. The van der Waals surface area contributed by atoms with Gasteiger partial charge in [0.1, 0.15) is 11.5 Å². The van der Waals surface area contributed by atoms with Gasteiger partial charge in [0, 0.05) is 25.0 Å². The number of amides is 1. The normalized spacial score (nSPS) is 11.0.